The van der Waals surface area contributed by atoms with Crippen LogP contribution in [0.2, 0.25) is 0 Å². The van der Waals surface area contributed by atoms with Crippen molar-refractivity contribution < 1.29 is 19.1 Å². The summed E-state index contributed by atoms with van der Waals surface area (Å²) in [6.45, 7) is 2.22. The van der Waals surface area contributed by atoms with Gasteiger partial charge < -0.3 is 14.8 Å². The van der Waals surface area contributed by atoms with E-state index in [-0.39, 0.29) is 17.7 Å². The Morgan fingerprint density at radius 2 is 1.96 bits per heavy atom. The van der Waals surface area contributed by atoms with Gasteiger partial charge in [-0.25, -0.2) is 14.4 Å². The maximum Gasteiger partial charge on any atom is 0.351 e. The molecule has 0 unspecified atom stereocenters. The third-order valence-corrected chi connectivity index (χ3v) is 5.76. The van der Waals surface area contributed by atoms with Crippen LogP contribution in [0.25, 0.3) is 10.3 Å². The van der Waals surface area contributed by atoms with Gasteiger partial charge in [-0.3, -0.25) is 4.90 Å². The minimum Gasteiger partial charge on any atom is -0.477 e. The number of nitrogens with one attached hydrogen (secondary N) is 1. The van der Waals surface area contributed by atoms with Crippen LogP contribution in [0.15, 0.2) is 21.3 Å². The summed E-state index contributed by atoms with van der Waals surface area (Å²) < 4.78 is 5.55. The fraction of sp³-hybridized carbons (Fsp3) is 0.471. The van der Waals surface area contributed by atoms with Crippen LogP contribution in [0, 0.1) is 5.92 Å². The first-order valence-corrected chi connectivity index (χ1v) is 9.02. The Balaban J connectivity index is 1.77. The van der Waals surface area contributed by atoms with Crippen LogP contribution in [-0.4, -0.2) is 30.2 Å². The van der Waals surface area contributed by atoms with Crippen LogP contribution in [-0.2, 0) is 0 Å². The molecular weight excluding hydrogens is 344 g/mol. The van der Waals surface area contributed by atoms with Gasteiger partial charge in [0.2, 0.25) is 0 Å². The molecule has 2 N–H and O–H groups in total. The van der Waals surface area contributed by atoms with Crippen molar-refractivity contribution in [2.24, 2.45) is 5.92 Å². The zero-order valence-electron chi connectivity index (χ0n) is 14.1. The lowest BCUT2D eigenvalue weighted by atomic mass is 9.87. The Morgan fingerprint density at radius 1 is 1.28 bits per heavy atom. The van der Waals surface area contributed by atoms with Crippen molar-refractivity contribution in [2.45, 2.75) is 38.6 Å². The number of nitrogens with zero attached hydrogens (tertiary/aromatic N) is 1. The van der Waals surface area contributed by atoms with E-state index in [2.05, 4.69) is 12.2 Å². The second kappa shape index (κ2) is 6.87. The predicted octanol–water partition coefficient (Wildman–Crippen LogP) is 3.28. The molecule has 0 saturated heterocycles. The predicted molar refractivity (Wildman–Crippen MR) is 95.7 cm³/mol. The number of hydrogen-bond donors (Lipinski definition) is 2. The van der Waals surface area contributed by atoms with E-state index in [4.69, 9.17) is 9.52 Å². The molecule has 0 aromatic carbocycles. The Morgan fingerprint density at radius 3 is 2.60 bits per heavy atom. The van der Waals surface area contributed by atoms with Gasteiger partial charge in [0.1, 0.15) is 10.6 Å². The first-order valence-electron chi connectivity index (χ1n) is 8.20. The zero-order valence-corrected chi connectivity index (χ0v) is 14.9. The fourth-order valence-corrected chi connectivity index (χ4v) is 3.98. The molecule has 1 saturated carbocycles. The standard InChI is InChI=1S/C17H20N2O5S/c1-9-3-5-10(6-4-9)18-17(23)19(2)14-8-12-13(25-14)7-11(15(20)21)16(22)24-12/h7-10H,3-6H2,1-2H3,(H,18,23)(H,20,21)/t9-,10-. The lowest BCUT2D eigenvalue weighted by Gasteiger charge is -2.28. The van der Waals surface area contributed by atoms with Crippen LogP contribution in [0.3, 0.4) is 0 Å². The summed E-state index contributed by atoms with van der Waals surface area (Å²) in [6.07, 6.45) is 4.18. The molecule has 1 aliphatic rings. The largest absolute Gasteiger partial charge is 0.477 e. The summed E-state index contributed by atoms with van der Waals surface area (Å²) >= 11 is 1.21. The molecular formula is C17H20N2O5S. The highest BCUT2D eigenvalue weighted by Crippen LogP contribution is 2.32. The summed E-state index contributed by atoms with van der Waals surface area (Å²) in [5, 5.41) is 12.6. The average Bonchev–Trinajstić information content (AvgIpc) is 2.97. The van der Waals surface area contributed by atoms with Gasteiger partial charge in [-0.05, 0) is 37.7 Å². The second-order valence-electron chi connectivity index (χ2n) is 6.53. The van der Waals surface area contributed by atoms with Gasteiger partial charge in [-0.15, -0.1) is 11.3 Å². The molecule has 1 fully saturated rings. The Bertz CT molecular complexity index is 864. The number of carbonyl (C=O) groups is 2. The molecule has 1 aliphatic carbocycles. The van der Waals surface area contributed by atoms with Crippen molar-refractivity contribution in [3.8, 4) is 0 Å². The van der Waals surface area contributed by atoms with Crippen molar-refractivity contribution in [3.05, 3.63) is 28.1 Å². The molecule has 8 heteroatoms. The number of rotatable bonds is 3. The summed E-state index contributed by atoms with van der Waals surface area (Å²) in [4.78, 5) is 36.6. The third kappa shape index (κ3) is 3.68. The molecule has 0 bridgehead atoms. The van der Waals surface area contributed by atoms with E-state index >= 15 is 0 Å². The molecule has 0 atom stereocenters. The highest BCUT2D eigenvalue weighted by atomic mass is 32.1. The van der Waals surface area contributed by atoms with Crippen LogP contribution in [0.4, 0.5) is 9.80 Å². The molecule has 2 heterocycles. The molecule has 2 amide bonds. The molecule has 0 spiro atoms. The van der Waals surface area contributed by atoms with Gasteiger partial charge in [0.25, 0.3) is 0 Å². The molecule has 0 aliphatic heterocycles. The molecule has 3 rings (SSSR count). The Labute approximate surface area is 148 Å². The summed E-state index contributed by atoms with van der Waals surface area (Å²) in [6, 6.07) is 2.82. The molecule has 134 valence electrons. The van der Waals surface area contributed by atoms with Gasteiger partial charge in [0.15, 0.2) is 5.58 Å². The minimum absolute atomic E-state index is 0.178. The van der Waals surface area contributed by atoms with Crippen LogP contribution >= 0.6 is 11.3 Å². The van der Waals surface area contributed by atoms with Crippen molar-refractivity contribution in [3.63, 3.8) is 0 Å². The van der Waals surface area contributed by atoms with Crippen molar-refractivity contribution >= 4 is 38.6 Å². The quantitative estimate of drug-likeness (QED) is 0.870. The maximum atomic E-state index is 12.4. The van der Waals surface area contributed by atoms with E-state index in [1.165, 1.54) is 22.3 Å². The topological polar surface area (TPSA) is 99.9 Å². The van der Waals surface area contributed by atoms with E-state index in [1.54, 1.807) is 13.1 Å². The SMILES string of the molecule is CN(C(=O)N[C@H]1CC[C@H](C)CC1)c1cc2oc(=O)c(C(=O)O)cc2s1. The highest BCUT2D eigenvalue weighted by molar-refractivity contribution is 7.22. The Kier molecular flexibility index (Phi) is 4.80. The number of anilines is 1. The van der Waals surface area contributed by atoms with Gasteiger partial charge in [0, 0.05) is 19.2 Å². The number of urea groups is 1. The van der Waals surface area contributed by atoms with E-state index in [0.29, 0.717) is 15.6 Å². The first kappa shape index (κ1) is 17.5. The van der Waals surface area contributed by atoms with Crippen LogP contribution in [0.5, 0.6) is 0 Å². The number of carboxylic acids is 1. The number of carbonyl (C=O) groups excluding carboxylic acids is 1. The molecule has 0 radical (unpaired) electrons. The van der Waals surface area contributed by atoms with Crippen molar-refractivity contribution in [1.82, 2.24) is 5.32 Å². The second-order valence-corrected chi connectivity index (χ2v) is 7.59. The Hall–Kier alpha value is -2.35. The normalized spacial score (nSPS) is 20.4. The van der Waals surface area contributed by atoms with Gasteiger partial charge in [-0.2, -0.15) is 0 Å². The minimum atomic E-state index is -1.33. The summed E-state index contributed by atoms with van der Waals surface area (Å²) in [5.41, 5.74) is -1.03. The fourth-order valence-electron chi connectivity index (χ4n) is 2.99. The number of fused-ring (bicyclic) bond motifs is 1. The van der Waals surface area contributed by atoms with Gasteiger partial charge >= 0.3 is 17.6 Å². The van der Waals surface area contributed by atoms with E-state index in [1.807, 2.05) is 0 Å². The lowest BCUT2D eigenvalue weighted by Crippen LogP contribution is -2.44. The zero-order chi connectivity index (χ0) is 18.1. The van der Waals surface area contributed by atoms with Gasteiger partial charge in [-0.1, -0.05) is 6.92 Å². The highest BCUT2D eigenvalue weighted by Gasteiger charge is 2.23. The maximum absolute atomic E-state index is 12.4. The number of hydrogen-bond acceptors (Lipinski definition) is 5. The van der Waals surface area contributed by atoms with Crippen molar-refractivity contribution in [1.29, 1.82) is 0 Å². The number of amides is 2. The smallest absolute Gasteiger partial charge is 0.351 e. The summed E-state index contributed by atoms with van der Waals surface area (Å²) in [5.74, 6) is -0.622. The molecule has 7 nitrogen and oxygen atoms in total. The average molecular weight is 364 g/mol. The number of carboxylic acid groups (broad SMARTS) is 1. The third-order valence-electron chi connectivity index (χ3n) is 4.62. The van der Waals surface area contributed by atoms with Crippen LogP contribution in [0.1, 0.15) is 43.0 Å². The van der Waals surface area contributed by atoms with Crippen LogP contribution < -0.4 is 15.8 Å². The van der Waals surface area contributed by atoms with E-state index in [9.17, 15) is 14.4 Å². The summed E-state index contributed by atoms with van der Waals surface area (Å²) in [7, 11) is 1.64. The van der Waals surface area contributed by atoms with E-state index < -0.39 is 17.2 Å². The molecule has 2 aromatic rings. The number of aromatic carboxylic acids is 1. The monoisotopic (exact) mass is 364 g/mol. The molecule has 25 heavy (non-hydrogen) atoms. The first-order chi connectivity index (χ1) is 11.8. The van der Waals surface area contributed by atoms with Gasteiger partial charge in [0.05, 0.1) is 4.70 Å². The number of thiophene rings is 1. The lowest BCUT2D eigenvalue weighted by molar-refractivity contribution is 0.0692. The molecule has 2 aromatic heterocycles. The van der Waals surface area contributed by atoms with Crippen molar-refractivity contribution in [2.75, 3.05) is 11.9 Å². The van der Waals surface area contributed by atoms with E-state index in [0.717, 1.165) is 25.7 Å².